The van der Waals surface area contributed by atoms with Crippen LogP contribution in [0.2, 0.25) is 0 Å². The van der Waals surface area contributed by atoms with Crippen molar-refractivity contribution in [3.8, 4) is 0 Å². The number of hydrogen-bond donors (Lipinski definition) is 1. The molecule has 0 aromatic carbocycles. The SMILES string of the molecule is O=C(C[C@@H]1C[C@@H](C(=O)O)N(P)C1=O)PP. The molecule has 1 amide bonds. The van der Waals surface area contributed by atoms with Crippen LogP contribution in [-0.2, 0) is 14.4 Å². The molecule has 1 N–H and O–H groups in total. The highest BCUT2D eigenvalue weighted by molar-refractivity contribution is 8.11. The molecule has 3 unspecified atom stereocenters. The molecule has 1 heterocycles. The number of amides is 1. The molecular formula is C7H12NO4P3. The second kappa shape index (κ2) is 5.30. The van der Waals surface area contributed by atoms with Gasteiger partial charge in [0.2, 0.25) is 5.91 Å². The third kappa shape index (κ3) is 2.93. The molecule has 1 aliphatic heterocycles. The van der Waals surface area contributed by atoms with Gasteiger partial charge in [-0.1, -0.05) is 0 Å². The lowest BCUT2D eigenvalue weighted by Crippen LogP contribution is -2.30. The van der Waals surface area contributed by atoms with Crippen LogP contribution in [-0.4, -0.2) is 33.2 Å². The lowest BCUT2D eigenvalue weighted by molar-refractivity contribution is -0.142. The molecule has 1 fully saturated rings. The fourth-order valence-electron chi connectivity index (χ4n) is 1.52. The number of carboxylic acid groups (broad SMARTS) is 1. The Morgan fingerprint density at radius 2 is 2.20 bits per heavy atom. The average Bonchev–Trinajstić information content (AvgIpc) is 2.46. The van der Waals surface area contributed by atoms with Crippen molar-refractivity contribution in [2.75, 3.05) is 0 Å². The first-order valence-corrected chi connectivity index (χ1v) is 7.60. The standard InChI is InChI=1S/C7H12NO4P3/c9-5(15-14)2-3-1-4(7(11)12)8(13)6(3)10/h3-4,15H,1-2,13-14H2,(H,11,12)/t3-,4-/m0/s1. The van der Waals surface area contributed by atoms with Gasteiger partial charge in [0.15, 0.2) is 5.52 Å². The van der Waals surface area contributed by atoms with Crippen LogP contribution in [0.25, 0.3) is 0 Å². The summed E-state index contributed by atoms with van der Waals surface area (Å²) in [7, 11) is 4.51. The predicted octanol–water partition coefficient (Wildman–Crippen LogP) is 0.463. The molecule has 0 saturated carbocycles. The van der Waals surface area contributed by atoms with Gasteiger partial charge in [0.05, 0.1) is 0 Å². The van der Waals surface area contributed by atoms with Crippen LogP contribution in [0.5, 0.6) is 0 Å². The number of rotatable bonds is 4. The van der Waals surface area contributed by atoms with E-state index in [1.807, 2.05) is 0 Å². The van der Waals surface area contributed by atoms with Gasteiger partial charge in [0.1, 0.15) is 6.04 Å². The number of carbonyl (C=O) groups excluding carboxylic acids is 2. The van der Waals surface area contributed by atoms with Crippen molar-refractivity contribution in [1.82, 2.24) is 4.67 Å². The van der Waals surface area contributed by atoms with E-state index in [4.69, 9.17) is 5.11 Å². The van der Waals surface area contributed by atoms with E-state index in [-0.39, 0.29) is 32.5 Å². The summed E-state index contributed by atoms with van der Waals surface area (Å²) >= 11 is 0. The lowest BCUT2D eigenvalue weighted by atomic mass is 10.0. The Balaban J connectivity index is 2.67. The second-order valence-corrected chi connectivity index (χ2v) is 5.57. The molecule has 0 radical (unpaired) electrons. The Hall–Kier alpha value is -0.100. The van der Waals surface area contributed by atoms with E-state index in [1.165, 1.54) is 0 Å². The summed E-state index contributed by atoms with van der Waals surface area (Å²) in [5.74, 6) is -1.77. The highest BCUT2D eigenvalue weighted by Gasteiger charge is 2.41. The Bertz CT molecular complexity index is 309. The van der Waals surface area contributed by atoms with Crippen molar-refractivity contribution in [3.63, 3.8) is 0 Å². The molecule has 1 saturated heterocycles. The van der Waals surface area contributed by atoms with Gasteiger partial charge < -0.3 is 9.78 Å². The van der Waals surface area contributed by atoms with E-state index in [0.29, 0.717) is 0 Å². The summed E-state index contributed by atoms with van der Waals surface area (Å²) in [5, 5.41) is 8.82. The molecule has 15 heavy (non-hydrogen) atoms. The Morgan fingerprint density at radius 1 is 1.60 bits per heavy atom. The Kier molecular flexibility index (Phi) is 4.58. The quantitative estimate of drug-likeness (QED) is 0.751. The third-order valence-corrected chi connectivity index (χ3v) is 4.43. The first kappa shape index (κ1) is 13.0. The third-order valence-electron chi connectivity index (χ3n) is 2.33. The molecule has 0 aliphatic carbocycles. The van der Waals surface area contributed by atoms with Crippen molar-refractivity contribution >= 4 is 44.0 Å². The van der Waals surface area contributed by atoms with E-state index in [2.05, 4.69) is 18.3 Å². The lowest BCUT2D eigenvalue weighted by Gasteiger charge is -2.13. The van der Waals surface area contributed by atoms with Crippen LogP contribution in [0, 0.1) is 5.92 Å². The second-order valence-electron chi connectivity index (χ2n) is 3.30. The molecular weight excluding hydrogens is 255 g/mol. The van der Waals surface area contributed by atoms with Crippen LogP contribution < -0.4 is 0 Å². The fraction of sp³-hybridized carbons (Fsp3) is 0.571. The zero-order valence-corrected chi connectivity index (χ0v) is 11.2. The van der Waals surface area contributed by atoms with Crippen molar-refractivity contribution < 1.29 is 19.5 Å². The van der Waals surface area contributed by atoms with Gasteiger partial charge in [0.25, 0.3) is 0 Å². The molecule has 1 rings (SSSR count). The molecule has 0 bridgehead atoms. The maximum atomic E-state index is 11.6. The van der Waals surface area contributed by atoms with Crippen molar-refractivity contribution in [2.24, 2.45) is 5.92 Å². The number of aliphatic carboxylic acids is 1. The minimum atomic E-state index is -1.03. The monoisotopic (exact) mass is 267 g/mol. The Morgan fingerprint density at radius 3 is 2.60 bits per heavy atom. The number of carboxylic acids is 1. The largest absolute Gasteiger partial charge is 0.480 e. The van der Waals surface area contributed by atoms with E-state index < -0.39 is 17.9 Å². The highest BCUT2D eigenvalue weighted by Crippen LogP contribution is 2.34. The van der Waals surface area contributed by atoms with Gasteiger partial charge in [-0.2, -0.15) is 0 Å². The molecule has 8 heteroatoms. The predicted molar refractivity (Wildman–Crippen MR) is 63.7 cm³/mol. The van der Waals surface area contributed by atoms with E-state index >= 15 is 0 Å². The van der Waals surface area contributed by atoms with Gasteiger partial charge in [-0.05, 0) is 24.1 Å². The van der Waals surface area contributed by atoms with E-state index in [1.54, 1.807) is 0 Å². The Labute approximate surface area is 93.5 Å². The van der Waals surface area contributed by atoms with E-state index in [9.17, 15) is 14.4 Å². The summed E-state index contributed by atoms with van der Waals surface area (Å²) in [6, 6.07) is -0.812. The average molecular weight is 267 g/mol. The van der Waals surface area contributed by atoms with Gasteiger partial charge in [-0.15, -0.1) is 8.93 Å². The summed E-state index contributed by atoms with van der Waals surface area (Å²) in [5.41, 5.74) is -0.0113. The van der Waals surface area contributed by atoms with Crippen LogP contribution in [0.1, 0.15) is 12.8 Å². The first-order chi connectivity index (χ1) is 6.97. The van der Waals surface area contributed by atoms with Crippen LogP contribution in [0.3, 0.4) is 0 Å². The van der Waals surface area contributed by atoms with Gasteiger partial charge >= 0.3 is 5.97 Å². The molecule has 0 aromatic heterocycles. The molecule has 84 valence electrons. The molecule has 5 atom stereocenters. The van der Waals surface area contributed by atoms with Crippen LogP contribution in [0.15, 0.2) is 0 Å². The topological polar surface area (TPSA) is 74.7 Å². The summed E-state index contributed by atoms with van der Waals surface area (Å²) in [6.07, 6.45) is 0.369. The smallest absolute Gasteiger partial charge is 0.326 e. The van der Waals surface area contributed by atoms with Gasteiger partial charge in [-0.3, -0.25) is 9.59 Å². The molecule has 0 spiro atoms. The zero-order chi connectivity index (χ0) is 11.6. The van der Waals surface area contributed by atoms with Crippen LogP contribution >= 0.6 is 26.6 Å². The number of carbonyl (C=O) groups is 3. The highest BCUT2D eigenvalue weighted by atomic mass is 32.0. The molecule has 0 aromatic rings. The normalized spacial score (nSPS) is 26.5. The number of hydrogen-bond acceptors (Lipinski definition) is 3. The summed E-state index contributed by atoms with van der Waals surface area (Å²) in [6.45, 7) is 0. The van der Waals surface area contributed by atoms with Gasteiger partial charge in [0, 0.05) is 12.3 Å². The number of nitrogens with zero attached hydrogens (tertiary/aromatic N) is 1. The maximum absolute atomic E-state index is 11.6. The zero-order valence-electron chi connectivity index (χ0n) is 7.84. The van der Waals surface area contributed by atoms with Gasteiger partial charge in [-0.25, -0.2) is 4.79 Å². The van der Waals surface area contributed by atoms with Crippen molar-refractivity contribution in [3.05, 3.63) is 0 Å². The molecule has 5 nitrogen and oxygen atoms in total. The maximum Gasteiger partial charge on any atom is 0.326 e. The van der Waals surface area contributed by atoms with Crippen LogP contribution in [0.4, 0.5) is 0 Å². The van der Waals surface area contributed by atoms with Crippen molar-refractivity contribution in [2.45, 2.75) is 18.9 Å². The summed E-state index contributed by atoms with van der Waals surface area (Å²) in [4.78, 5) is 33.5. The fourth-order valence-corrected chi connectivity index (χ4v) is 2.70. The first-order valence-electron chi connectivity index (χ1n) is 4.27. The summed E-state index contributed by atoms with van der Waals surface area (Å²) < 4.78 is 1.13. The van der Waals surface area contributed by atoms with Crippen molar-refractivity contribution in [1.29, 1.82) is 0 Å². The minimum Gasteiger partial charge on any atom is -0.480 e. The molecule has 1 aliphatic rings. The van der Waals surface area contributed by atoms with E-state index in [0.717, 1.165) is 4.67 Å². The minimum absolute atomic E-state index is 0.0113.